The fourth-order valence-electron chi connectivity index (χ4n) is 3.88. The molecule has 0 aromatic rings. The smallest absolute Gasteiger partial charge is 0.0648 e. The van der Waals surface area contributed by atoms with Gasteiger partial charge in [-0.25, -0.2) is 0 Å². The third-order valence-corrected chi connectivity index (χ3v) is 4.37. The van der Waals surface area contributed by atoms with Crippen LogP contribution in [0.1, 0.15) is 19.3 Å². The summed E-state index contributed by atoms with van der Waals surface area (Å²) in [6.07, 6.45) is 11.3. The summed E-state index contributed by atoms with van der Waals surface area (Å²) in [6.45, 7) is 4.45. The van der Waals surface area contributed by atoms with Crippen LogP contribution in [0, 0.1) is 23.7 Å². The minimum Gasteiger partial charge on any atom is -0.374 e. The van der Waals surface area contributed by atoms with E-state index >= 15 is 0 Å². The number of rotatable bonds is 3. The maximum Gasteiger partial charge on any atom is 0.0648 e. The molecular weight excluding hydrogens is 172 g/mol. The lowest BCUT2D eigenvalue weighted by Crippen LogP contribution is -2.30. The van der Waals surface area contributed by atoms with Crippen molar-refractivity contribution in [2.24, 2.45) is 23.7 Å². The molecule has 0 aromatic carbocycles. The van der Waals surface area contributed by atoms with Crippen molar-refractivity contribution < 1.29 is 4.74 Å². The van der Waals surface area contributed by atoms with Crippen molar-refractivity contribution in [3.05, 3.63) is 24.8 Å². The highest BCUT2D eigenvalue weighted by atomic mass is 16.5. The molecule has 0 spiro atoms. The van der Waals surface area contributed by atoms with Crippen LogP contribution < -0.4 is 0 Å². The van der Waals surface area contributed by atoms with E-state index in [1.165, 1.54) is 19.3 Å². The van der Waals surface area contributed by atoms with Crippen LogP contribution in [-0.2, 0) is 4.74 Å². The van der Waals surface area contributed by atoms with Crippen LogP contribution >= 0.6 is 0 Å². The Morgan fingerprint density at radius 1 is 1.36 bits per heavy atom. The van der Waals surface area contributed by atoms with E-state index < -0.39 is 0 Å². The summed E-state index contributed by atoms with van der Waals surface area (Å²) < 4.78 is 5.85. The molecule has 0 N–H and O–H groups in total. The Hall–Kier alpha value is -0.560. The van der Waals surface area contributed by atoms with E-state index in [-0.39, 0.29) is 0 Å². The summed E-state index contributed by atoms with van der Waals surface area (Å²) in [5, 5.41) is 0. The summed E-state index contributed by atoms with van der Waals surface area (Å²) in [4.78, 5) is 0. The highest BCUT2D eigenvalue weighted by Gasteiger charge is 2.52. The van der Waals surface area contributed by atoms with Crippen molar-refractivity contribution in [3.63, 3.8) is 0 Å². The molecule has 76 valence electrons. The number of hydrogen-bond acceptors (Lipinski definition) is 1. The third-order valence-electron chi connectivity index (χ3n) is 4.37. The molecule has 2 fully saturated rings. The van der Waals surface area contributed by atoms with Crippen molar-refractivity contribution >= 4 is 0 Å². The van der Waals surface area contributed by atoms with Gasteiger partial charge in [0.2, 0.25) is 0 Å². The second-order valence-corrected chi connectivity index (χ2v) is 4.96. The SMILES string of the molecule is C=CCO[C@@H]1C[C@H]2C[C@@H]1[C@@H]1CC=C[C@@H]21. The van der Waals surface area contributed by atoms with Crippen molar-refractivity contribution in [1.29, 1.82) is 0 Å². The zero-order valence-corrected chi connectivity index (χ0v) is 8.56. The molecule has 0 radical (unpaired) electrons. The topological polar surface area (TPSA) is 9.23 Å². The average molecular weight is 190 g/mol. The van der Waals surface area contributed by atoms with Crippen LogP contribution in [0.4, 0.5) is 0 Å². The van der Waals surface area contributed by atoms with Gasteiger partial charge in [-0.15, -0.1) is 6.58 Å². The first kappa shape index (κ1) is 8.72. The lowest BCUT2D eigenvalue weighted by molar-refractivity contribution is 0.00693. The lowest BCUT2D eigenvalue weighted by atomic mass is 9.80. The van der Waals surface area contributed by atoms with E-state index in [0.29, 0.717) is 6.10 Å². The predicted molar refractivity (Wildman–Crippen MR) is 56.9 cm³/mol. The molecule has 3 rings (SSSR count). The van der Waals surface area contributed by atoms with Crippen LogP contribution in [0.15, 0.2) is 24.8 Å². The van der Waals surface area contributed by atoms with Crippen LogP contribution in [0.5, 0.6) is 0 Å². The molecule has 1 heteroatoms. The molecule has 2 saturated carbocycles. The number of hydrogen-bond donors (Lipinski definition) is 0. The quantitative estimate of drug-likeness (QED) is 0.622. The van der Waals surface area contributed by atoms with Gasteiger partial charge in [0.1, 0.15) is 0 Å². The largest absolute Gasteiger partial charge is 0.374 e. The Kier molecular flexibility index (Phi) is 2.01. The standard InChI is InChI=1S/C13H18O/c1-2-6-14-13-8-9-7-12(13)11-5-3-4-10(9)11/h2-4,9-13H,1,5-8H2/t9-,10+,11-,12-,13-/m1/s1. The van der Waals surface area contributed by atoms with Gasteiger partial charge in [-0.1, -0.05) is 18.2 Å². The zero-order chi connectivity index (χ0) is 9.54. The lowest BCUT2D eigenvalue weighted by Gasteiger charge is -2.31. The monoisotopic (exact) mass is 190 g/mol. The minimum atomic E-state index is 0.541. The summed E-state index contributed by atoms with van der Waals surface area (Å²) >= 11 is 0. The summed E-state index contributed by atoms with van der Waals surface area (Å²) in [5.74, 6) is 3.60. The normalized spacial score (nSPS) is 48.4. The van der Waals surface area contributed by atoms with E-state index in [9.17, 15) is 0 Å². The fourth-order valence-corrected chi connectivity index (χ4v) is 3.88. The maximum absolute atomic E-state index is 5.85. The van der Waals surface area contributed by atoms with Crippen LogP contribution in [-0.4, -0.2) is 12.7 Å². The Balaban J connectivity index is 1.69. The maximum atomic E-state index is 5.85. The average Bonchev–Trinajstić information content (AvgIpc) is 2.85. The molecular formula is C13H18O. The Morgan fingerprint density at radius 3 is 3.14 bits per heavy atom. The molecule has 3 aliphatic carbocycles. The van der Waals surface area contributed by atoms with Gasteiger partial charge >= 0.3 is 0 Å². The zero-order valence-electron chi connectivity index (χ0n) is 8.56. The highest BCUT2D eigenvalue weighted by molar-refractivity contribution is 5.14. The number of fused-ring (bicyclic) bond motifs is 5. The molecule has 14 heavy (non-hydrogen) atoms. The second-order valence-electron chi connectivity index (χ2n) is 4.96. The van der Waals surface area contributed by atoms with Gasteiger partial charge in [0.25, 0.3) is 0 Å². The van der Waals surface area contributed by atoms with Gasteiger partial charge in [0.05, 0.1) is 12.7 Å². The Labute approximate surface area is 85.8 Å². The van der Waals surface area contributed by atoms with Gasteiger partial charge in [-0.05, 0) is 42.9 Å². The summed E-state index contributed by atoms with van der Waals surface area (Å²) in [7, 11) is 0. The fraction of sp³-hybridized carbons (Fsp3) is 0.692. The molecule has 0 aliphatic heterocycles. The summed E-state index contributed by atoms with van der Waals surface area (Å²) in [6, 6.07) is 0. The van der Waals surface area contributed by atoms with E-state index in [0.717, 1.165) is 30.3 Å². The molecule has 0 amide bonds. The highest BCUT2D eigenvalue weighted by Crippen LogP contribution is 2.57. The Morgan fingerprint density at radius 2 is 2.29 bits per heavy atom. The van der Waals surface area contributed by atoms with Crippen molar-refractivity contribution in [2.45, 2.75) is 25.4 Å². The van der Waals surface area contributed by atoms with Crippen LogP contribution in [0.2, 0.25) is 0 Å². The van der Waals surface area contributed by atoms with E-state index in [4.69, 9.17) is 4.74 Å². The van der Waals surface area contributed by atoms with Gasteiger partial charge in [-0.2, -0.15) is 0 Å². The minimum absolute atomic E-state index is 0.541. The van der Waals surface area contributed by atoms with E-state index in [1.807, 2.05) is 6.08 Å². The van der Waals surface area contributed by atoms with Crippen LogP contribution in [0.25, 0.3) is 0 Å². The molecule has 0 saturated heterocycles. The third kappa shape index (κ3) is 1.12. The first-order valence-electron chi connectivity index (χ1n) is 5.79. The van der Waals surface area contributed by atoms with Gasteiger partial charge in [0.15, 0.2) is 0 Å². The number of ether oxygens (including phenoxy) is 1. The molecule has 0 heterocycles. The molecule has 0 aromatic heterocycles. The second kappa shape index (κ2) is 3.23. The first-order valence-corrected chi connectivity index (χ1v) is 5.79. The van der Waals surface area contributed by atoms with Crippen molar-refractivity contribution in [2.75, 3.05) is 6.61 Å². The molecule has 5 atom stereocenters. The molecule has 2 bridgehead atoms. The summed E-state index contributed by atoms with van der Waals surface area (Å²) in [5.41, 5.74) is 0. The van der Waals surface area contributed by atoms with Gasteiger partial charge in [0, 0.05) is 0 Å². The molecule has 3 aliphatic rings. The van der Waals surface area contributed by atoms with Crippen LogP contribution in [0.3, 0.4) is 0 Å². The van der Waals surface area contributed by atoms with E-state index in [2.05, 4.69) is 18.7 Å². The van der Waals surface area contributed by atoms with Crippen molar-refractivity contribution in [3.8, 4) is 0 Å². The number of allylic oxidation sites excluding steroid dienone is 2. The van der Waals surface area contributed by atoms with Gasteiger partial charge < -0.3 is 4.74 Å². The molecule has 1 nitrogen and oxygen atoms in total. The predicted octanol–water partition coefficient (Wildman–Crippen LogP) is 2.79. The molecule has 0 unspecified atom stereocenters. The van der Waals surface area contributed by atoms with Crippen molar-refractivity contribution in [1.82, 2.24) is 0 Å². The first-order chi connectivity index (χ1) is 6.90. The van der Waals surface area contributed by atoms with E-state index in [1.54, 1.807) is 0 Å². The van der Waals surface area contributed by atoms with Gasteiger partial charge in [-0.3, -0.25) is 0 Å². The Bertz CT molecular complexity index is 268.